The van der Waals surface area contributed by atoms with E-state index in [-0.39, 0.29) is 17.5 Å². The van der Waals surface area contributed by atoms with Gasteiger partial charge in [0.1, 0.15) is 0 Å². The fourth-order valence-electron chi connectivity index (χ4n) is 1.45. The molecule has 0 aromatic carbocycles. The molecule has 2 aliphatic rings. The molecule has 0 fully saturated rings. The number of rotatable bonds is 2. The van der Waals surface area contributed by atoms with Crippen molar-refractivity contribution in [2.24, 2.45) is 4.99 Å². The minimum atomic E-state index is -3.12. The summed E-state index contributed by atoms with van der Waals surface area (Å²) in [6.45, 7) is 1.24. The molecule has 1 amide bonds. The zero-order chi connectivity index (χ0) is 10.9. The first-order chi connectivity index (χ1) is 7.07. The van der Waals surface area contributed by atoms with Crippen LogP contribution in [0.5, 0.6) is 0 Å². The number of aliphatic imine (C=N–C) groups is 1. The maximum Gasteiger partial charge on any atom is 0.286 e. The van der Waals surface area contributed by atoms with Gasteiger partial charge >= 0.3 is 0 Å². The summed E-state index contributed by atoms with van der Waals surface area (Å²) in [5.41, 5.74) is 0. The maximum absolute atomic E-state index is 11.5. The summed E-state index contributed by atoms with van der Waals surface area (Å²) in [6.07, 6.45) is 1.47. The second-order valence-electron chi connectivity index (χ2n) is 3.40. The molecule has 82 valence electrons. The molecule has 6 nitrogen and oxygen atoms in total. The highest BCUT2D eigenvalue weighted by atomic mass is 32.2. The summed E-state index contributed by atoms with van der Waals surface area (Å²) in [5.74, 6) is -0.126. The van der Waals surface area contributed by atoms with E-state index < -0.39 is 15.9 Å². The third-order valence-electron chi connectivity index (χ3n) is 2.14. The fourth-order valence-corrected chi connectivity index (χ4v) is 2.69. The highest BCUT2D eigenvalue weighted by Gasteiger charge is 2.25. The van der Waals surface area contributed by atoms with E-state index in [1.807, 2.05) is 0 Å². The van der Waals surface area contributed by atoms with Crippen molar-refractivity contribution in [3.8, 4) is 0 Å². The molecule has 0 aliphatic carbocycles. The first-order valence-electron chi connectivity index (χ1n) is 4.57. The predicted octanol–water partition coefficient (Wildman–Crippen LogP) is -1.58. The quantitative estimate of drug-likeness (QED) is 0.598. The lowest BCUT2D eigenvalue weighted by molar-refractivity contribution is -0.115. The van der Waals surface area contributed by atoms with Gasteiger partial charge in [0.25, 0.3) is 5.91 Å². The molecular formula is C8H11N3O3S. The summed E-state index contributed by atoms with van der Waals surface area (Å²) in [6, 6.07) is -0.437. The first-order valence-corrected chi connectivity index (χ1v) is 6.28. The van der Waals surface area contributed by atoms with E-state index in [9.17, 15) is 13.2 Å². The van der Waals surface area contributed by atoms with Crippen molar-refractivity contribution >= 4 is 21.6 Å². The Morgan fingerprint density at radius 1 is 1.60 bits per heavy atom. The average Bonchev–Trinajstić information content (AvgIpc) is 2.74. The number of amidine groups is 1. The molecule has 2 N–H and O–H groups in total. The van der Waals surface area contributed by atoms with E-state index in [2.05, 4.69) is 15.6 Å². The first kappa shape index (κ1) is 10.2. The minimum Gasteiger partial charge on any atom is -0.364 e. The van der Waals surface area contributed by atoms with Crippen LogP contribution in [-0.2, 0) is 14.6 Å². The van der Waals surface area contributed by atoms with Crippen molar-refractivity contribution in [1.29, 1.82) is 0 Å². The third kappa shape index (κ3) is 2.35. The van der Waals surface area contributed by atoms with Gasteiger partial charge < -0.3 is 10.6 Å². The van der Waals surface area contributed by atoms with Gasteiger partial charge in [0, 0.05) is 12.0 Å². The number of carbonyl (C=O) groups excluding carboxylic acids is 1. The van der Waals surface area contributed by atoms with E-state index in [0.29, 0.717) is 13.1 Å². The number of hydrogen-bond donors (Lipinski definition) is 2. The molecular weight excluding hydrogens is 218 g/mol. The second kappa shape index (κ2) is 3.65. The summed E-state index contributed by atoms with van der Waals surface area (Å²) in [5, 5.41) is 6.52. The van der Waals surface area contributed by atoms with Crippen LogP contribution >= 0.6 is 0 Å². The van der Waals surface area contributed by atoms with Crippen molar-refractivity contribution in [3.05, 3.63) is 11.5 Å². The molecule has 0 saturated heterocycles. The van der Waals surface area contributed by atoms with Crippen molar-refractivity contribution < 1.29 is 13.2 Å². The number of hydrogen-bond acceptors (Lipinski definition) is 5. The Balaban J connectivity index is 1.94. The summed E-state index contributed by atoms with van der Waals surface area (Å²) >= 11 is 0. The van der Waals surface area contributed by atoms with Gasteiger partial charge in [-0.15, -0.1) is 0 Å². The lowest BCUT2D eigenvalue weighted by Gasteiger charge is -2.09. The molecule has 1 unspecified atom stereocenters. The lowest BCUT2D eigenvalue weighted by atomic mass is 10.3. The molecule has 1 atom stereocenters. The minimum absolute atomic E-state index is 0.0635. The Labute approximate surface area is 87.4 Å². The maximum atomic E-state index is 11.5. The van der Waals surface area contributed by atoms with Gasteiger partial charge in [-0.1, -0.05) is 0 Å². The van der Waals surface area contributed by atoms with Gasteiger partial charge in [0.15, 0.2) is 15.7 Å². The summed E-state index contributed by atoms with van der Waals surface area (Å²) in [4.78, 5) is 15.4. The normalized spacial score (nSPS) is 27.2. The van der Waals surface area contributed by atoms with Crippen LogP contribution < -0.4 is 10.6 Å². The van der Waals surface area contributed by atoms with Crippen LogP contribution in [0, 0.1) is 0 Å². The van der Waals surface area contributed by atoms with Crippen molar-refractivity contribution in [2.75, 3.05) is 18.8 Å². The molecule has 0 bridgehead atoms. The van der Waals surface area contributed by atoms with Crippen LogP contribution in [0.2, 0.25) is 0 Å². The number of nitrogens with zero attached hydrogens (tertiary/aromatic N) is 1. The fraction of sp³-hybridized carbons (Fsp3) is 0.500. The van der Waals surface area contributed by atoms with E-state index >= 15 is 0 Å². The Morgan fingerprint density at radius 2 is 2.40 bits per heavy atom. The lowest BCUT2D eigenvalue weighted by Crippen LogP contribution is -2.43. The van der Waals surface area contributed by atoms with Gasteiger partial charge in [-0.25, -0.2) is 8.42 Å². The summed E-state index contributed by atoms with van der Waals surface area (Å²) < 4.78 is 22.1. The molecule has 2 aliphatic heterocycles. The molecule has 2 rings (SSSR count). The molecule has 0 saturated carbocycles. The Kier molecular flexibility index (Phi) is 2.47. The molecule has 0 radical (unpaired) electrons. The number of carbonyl (C=O) groups is 1. The smallest absolute Gasteiger partial charge is 0.286 e. The topological polar surface area (TPSA) is 87.6 Å². The van der Waals surface area contributed by atoms with E-state index in [0.717, 1.165) is 5.41 Å². The van der Waals surface area contributed by atoms with Crippen LogP contribution in [0.1, 0.15) is 0 Å². The van der Waals surface area contributed by atoms with Crippen LogP contribution in [-0.4, -0.2) is 45.0 Å². The monoisotopic (exact) mass is 229 g/mol. The Hall–Kier alpha value is -1.37. The van der Waals surface area contributed by atoms with Crippen molar-refractivity contribution in [2.45, 2.75) is 6.04 Å². The Morgan fingerprint density at radius 3 is 2.93 bits per heavy atom. The highest BCUT2D eigenvalue weighted by Crippen LogP contribution is 2.07. The molecule has 7 heteroatoms. The van der Waals surface area contributed by atoms with Crippen molar-refractivity contribution in [3.63, 3.8) is 0 Å². The number of sulfone groups is 1. The molecule has 0 aromatic heterocycles. The van der Waals surface area contributed by atoms with E-state index in [1.54, 1.807) is 0 Å². The standard InChI is InChI=1S/C8H11N3O3S/c12-8(7-9-2-3-10-7)11-6-1-4-15(13,14)5-6/h1,4,6H,2-3,5H2,(H,9,10)(H,11,12). The number of nitrogens with one attached hydrogen (secondary N) is 2. The second-order valence-corrected chi connectivity index (χ2v) is 5.33. The SMILES string of the molecule is O=C(NC1C=CS(=O)(=O)C1)C1=NCCN1. The van der Waals surface area contributed by atoms with Crippen LogP contribution in [0.4, 0.5) is 0 Å². The van der Waals surface area contributed by atoms with Crippen molar-refractivity contribution in [1.82, 2.24) is 10.6 Å². The van der Waals surface area contributed by atoms with Gasteiger partial charge in [-0.2, -0.15) is 0 Å². The summed E-state index contributed by atoms with van der Waals surface area (Å²) in [7, 11) is -3.12. The van der Waals surface area contributed by atoms with Crippen LogP contribution in [0.25, 0.3) is 0 Å². The zero-order valence-electron chi connectivity index (χ0n) is 7.93. The predicted molar refractivity (Wildman–Crippen MR) is 55.2 cm³/mol. The van der Waals surface area contributed by atoms with E-state index in [4.69, 9.17) is 0 Å². The number of amides is 1. The molecule has 2 heterocycles. The van der Waals surface area contributed by atoms with Crippen LogP contribution in [0.3, 0.4) is 0 Å². The highest BCUT2D eigenvalue weighted by molar-refractivity contribution is 7.94. The van der Waals surface area contributed by atoms with Crippen LogP contribution in [0.15, 0.2) is 16.5 Å². The average molecular weight is 229 g/mol. The van der Waals surface area contributed by atoms with Gasteiger partial charge in [0.2, 0.25) is 0 Å². The molecule has 15 heavy (non-hydrogen) atoms. The largest absolute Gasteiger partial charge is 0.364 e. The van der Waals surface area contributed by atoms with Gasteiger partial charge in [0.05, 0.1) is 18.3 Å². The third-order valence-corrected chi connectivity index (χ3v) is 3.53. The molecule has 0 spiro atoms. The zero-order valence-corrected chi connectivity index (χ0v) is 8.75. The van der Waals surface area contributed by atoms with Gasteiger partial charge in [-0.05, 0) is 6.08 Å². The Bertz CT molecular complexity index is 438. The van der Waals surface area contributed by atoms with E-state index in [1.165, 1.54) is 6.08 Å². The molecule has 0 aromatic rings. The van der Waals surface area contributed by atoms with Gasteiger partial charge in [-0.3, -0.25) is 9.79 Å².